The van der Waals surface area contributed by atoms with Gasteiger partial charge in [-0.15, -0.1) is 11.3 Å². The summed E-state index contributed by atoms with van der Waals surface area (Å²) in [5.74, 6) is -0.486. The minimum Gasteiger partial charge on any atom is -0.506 e. The highest BCUT2D eigenvalue weighted by Crippen LogP contribution is 2.27. The van der Waals surface area contributed by atoms with Gasteiger partial charge >= 0.3 is 5.97 Å². The van der Waals surface area contributed by atoms with Gasteiger partial charge in [0.1, 0.15) is 5.75 Å². The third-order valence-corrected chi connectivity index (χ3v) is 2.23. The highest BCUT2D eigenvalue weighted by atomic mass is 32.1. The number of carbonyl (C=O) groups is 1. The molecule has 11 heavy (non-hydrogen) atoms. The number of methoxy groups -OCH3 is 1. The summed E-state index contributed by atoms with van der Waals surface area (Å²) in [7, 11) is 1.29. The summed E-state index contributed by atoms with van der Waals surface area (Å²) in [4.78, 5) is 12.0. The topological polar surface area (TPSA) is 46.5 Å². The van der Waals surface area contributed by atoms with Crippen molar-refractivity contribution in [3.05, 3.63) is 15.8 Å². The molecule has 0 fully saturated rings. The van der Waals surface area contributed by atoms with Crippen LogP contribution in [-0.2, 0) is 4.74 Å². The fourth-order valence-electron chi connectivity index (χ4n) is 0.740. The van der Waals surface area contributed by atoms with E-state index < -0.39 is 5.97 Å². The van der Waals surface area contributed by atoms with Crippen LogP contribution in [-0.4, -0.2) is 18.2 Å². The average Bonchev–Trinajstić information content (AvgIpc) is 2.28. The standard InChI is InChI=1S/C7H8O3S/c1-4-3-5(8)6(11-4)7(9)10-2/h3,8H,1-2H3. The lowest BCUT2D eigenvalue weighted by atomic mass is 10.4. The molecule has 0 amide bonds. The number of carbonyl (C=O) groups excluding carboxylic acids is 1. The third kappa shape index (κ3) is 1.51. The normalized spacial score (nSPS) is 9.64. The molecule has 0 saturated heterocycles. The zero-order chi connectivity index (χ0) is 8.43. The zero-order valence-corrected chi connectivity index (χ0v) is 7.07. The van der Waals surface area contributed by atoms with Gasteiger partial charge in [0.05, 0.1) is 7.11 Å². The number of aromatic hydroxyl groups is 1. The van der Waals surface area contributed by atoms with Gasteiger partial charge in [-0.05, 0) is 13.0 Å². The molecule has 0 saturated carbocycles. The van der Waals surface area contributed by atoms with Crippen molar-refractivity contribution in [3.8, 4) is 5.75 Å². The van der Waals surface area contributed by atoms with Gasteiger partial charge in [-0.25, -0.2) is 4.79 Å². The van der Waals surface area contributed by atoms with Gasteiger partial charge < -0.3 is 9.84 Å². The van der Waals surface area contributed by atoms with Crippen molar-refractivity contribution >= 4 is 17.3 Å². The van der Waals surface area contributed by atoms with Crippen LogP contribution in [0.3, 0.4) is 0 Å². The van der Waals surface area contributed by atoms with Crippen LogP contribution in [0.5, 0.6) is 5.75 Å². The summed E-state index contributed by atoms with van der Waals surface area (Å²) in [6.45, 7) is 1.82. The predicted octanol–water partition coefficient (Wildman–Crippen LogP) is 1.55. The Morgan fingerprint density at radius 2 is 2.36 bits per heavy atom. The van der Waals surface area contributed by atoms with Gasteiger partial charge in [-0.3, -0.25) is 0 Å². The fraction of sp³-hybridized carbons (Fsp3) is 0.286. The van der Waals surface area contributed by atoms with Crippen molar-refractivity contribution < 1.29 is 14.6 Å². The Morgan fingerprint density at radius 1 is 1.73 bits per heavy atom. The number of esters is 1. The van der Waals surface area contributed by atoms with E-state index in [9.17, 15) is 4.79 Å². The van der Waals surface area contributed by atoms with E-state index in [1.807, 2.05) is 6.92 Å². The van der Waals surface area contributed by atoms with Gasteiger partial charge in [0, 0.05) is 4.88 Å². The highest BCUT2D eigenvalue weighted by molar-refractivity contribution is 7.14. The first-order chi connectivity index (χ1) is 5.15. The molecular formula is C7H8O3S. The number of ether oxygens (including phenoxy) is 1. The van der Waals surface area contributed by atoms with Crippen molar-refractivity contribution in [1.82, 2.24) is 0 Å². The molecule has 1 heterocycles. The second-order valence-corrected chi connectivity index (χ2v) is 3.32. The molecule has 4 heteroatoms. The Kier molecular flexibility index (Phi) is 2.14. The minimum absolute atomic E-state index is 0.000602. The first-order valence-electron chi connectivity index (χ1n) is 3.03. The molecule has 3 nitrogen and oxygen atoms in total. The fourth-order valence-corrected chi connectivity index (χ4v) is 1.56. The number of aryl methyl sites for hydroxylation is 1. The molecule has 0 spiro atoms. The van der Waals surface area contributed by atoms with Gasteiger partial charge in [-0.1, -0.05) is 0 Å². The second kappa shape index (κ2) is 2.92. The van der Waals surface area contributed by atoms with Crippen LogP contribution in [0.4, 0.5) is 0 Å². The van der Waals surface area contributed by atoms with Crippen molar-refractivity contribution in [3.63, 3.8) is 0 Å². The van der Waals surface area contributed by atoms with Crippen molar-refractivity contribution in [2.24, 2.45) is 0 Å². The summed E-state index contributed by atoms with van der Waals surface area (Å²) in [6, 6.07) is 1.54. The summed E-state index contributed by atoms with van der Waals surface area (Å²) in [5.41, 5.74) is 0. The molecule has 1 rings (SSSR count). The second-order valence-electron chi connectivity index (χ2n) is 2.06. The first kappa shape index (κ1) is 8.07. The molecule has 60 valence electrons. The van der Waals surface area contributed by atoms with Gasteiger partial charge in [0.2, 0.25) is 0 Å². The van der Waals surface area contributed by atoms with Crippen LogP contribution in [0, 0.1) is 6.92 Å². The van der Waals surface area contributed by atoms with Crippen LogP contribution in [0.1, 0.15) is 14.5 Å². The van der Waals surface area contributed by atoms with Crippen molar-refractivity contribution in [2.75, 3.05) is 7.11 Å². The van der Waals surface area contributed by atoms with E-state index in [1.54, 1.807) is 0 Å². The van der Waals surface area contributed by atoms with Crippen LogP contribution < -0.4 is 0 Å². The van der Waals surface area contributed by atoms with Gasteiger partial charge in [0.25, 0.3) is 0 Å². The number of hydrogen-bond donors (Lipinski definition) is 1. The summed E-state index contributed by atoms with van der Waals surface area (Å²) < 4.78 is 4.44. The van der Waals surface area contributed by atoms with Crippen molar-refractivity contribution in [1.29, 1.82) is 0 Å². The average molecular weight is 172 g/mol. The molecule has 0 aliphatic carbocycles. The SMILES string of the molecule is COC(=O)c1sc(C)cc1O. The van der Waals surface area contributed by atoms with Crippen LogP contribution in [0.2, 0.25) is 0 Å². The summed E-state index contributed by atoms with van der Waals surface area (Å²) in [5, 5.41) is 9.14. The van der Waals surface area contributed by atoms with E-state index in [-0.39, 0.29) is 10.6 Å². The lowest BCUT2D eigenvalue weighted by molar-refractivity contribution is 0.0603. The zero-order valence-electron chi connectivity index (χ0n) is 6.25. The van der Waals surface area contributed by atoms with E-state index in [0.717, 1.165) is 4.88 Å². The van der Waals surface area contributed by atoms with E-state index in [1.165, 1.54) is 24.5 Å². The van der Waals surface area contributed by atoms with E-state index in [0.29, 0.717) is 0 Å². The molecule has 1 aromatic rings. The Bertz CT molecular complexity index is 277. The Labute approximate surface area is 68.2 Å². The molecule has 0 radical (unpaired) electrons. The quantitative estimate of drug-likeness (QED) is 0.654. The monoisotopic (exact) mass is 172 g/mol. The smallest absolute Gasteiger partial charge is 0.351 e. The lowest BCUT2D eigenvalue weighted by Crippen LogP contribution is -1.97. The van der Waals surface area contributed by atoms with Crippen LogP contribution in [0.15, 0.2) is 6.07 Å². The maximum Gasteiger partial charge on any atom is 0.351 e. The Balaban J connectivity index is 3.03. The predicted molar refractivity (Wildman–Crippen MR) is 42.1 cm³/mol. The Hall–Kier alpha value is -1.03. The first-order valence-corrected chi connectivity index (χ1v) is 3.84. The molecule has 0 aliphatic rings. The number of rotatable bonds is 1. The highest BCUT2D eigenvalue weighted by Gasteiger charge is 2.13. The van der Waals surface area contributed by atoms with E-state index in [2.05, 4.69) is 4.74 Å². The van der Waals surface area contributed by atoms with Gasteiger partial charge in [0.15, 0.2) is 4.88 Å². The van der Waals surface area contributed by atoms with Crippen molar-refractivity contribution in [2.45, 2.75) is 6.92 Å². The van der Waals surface area contributed by atoms with Crippen LogP contribution >= 0.6 is 11.3 Å². The third-order valence-electron chi connectivity index (χ3n) is 1.21. The number of thiophene rings is 1. The lowest BCUT2D eigenvalue weighted by Gasteiger charge is -1.93. The summed E-state index contributed by atoms with van der Waals surface area (Å²) in [6.07, 6.45) is 0. The molecule has 1 N–H and O–H groups in total. The summed E-state index contributed by atoms with van der Waals surface area (Å²) >= 11 is 1.22. The van der Waals surface area contributed by atoms with Gasteiger partial charge in [-0.2, -0.15) is 0 Å². The molecule has 0 atom stereocenters. The molecule has 0 bridgehead atoms. The molecule has 0 aromatic carbocycles. The minimum atomic E-state index is -0.486. The van der Waals surface area contributed by atoms with E-state index >= 15 is 0 Å². The molecule has 1 aromatic heterocycles. The Morgan fingerprint density at radius 3 is 2.73 bits per heavy atom. The number of hydrogen-bond acceptors (Lipinski definition) is 4. The maximum atomic E-state index is 10.9. The molecule has 0 aliphatic heterocycles. The molecular weight excluding hydrogens is 164 g/mol. The molecule has 0 unspecified atom stereocenters. The largest absolute Gasteiger partial charge is 0.506 e. The van der Waals surface area contributed by atoms with Crippen LogP contribution in [0.25, 0.3) is 0 Å². The van der Waals surface area contributed by atoms with E-state index in [4.69, 9.17) is 5.11 Å². The maximum absolute atomic E-state index is 10.9.